The van der Waals surface area contributed by atoms with Crippen molar-refractivity contribution >= 4 is 5.82 Å². The Morgan fingerprint density at radius 2 is 1.83 bits per heavy atom. The lowest BCUT2D eigenvalue weighted by Gasteiger charge is -2.11. The molecule has 1 aliphatic rings. The zero-order valence-corrected chi connectivity index (χ0v) is 16.7. The van der Waals surface area contributed by atoms with Crippen molar-refractivity contribution < 1.29 is 4.74 Å². The molecule has 0 amide bonds. The minimum absolute atomic E-state index is 0.551. The third kappa shape index (κ3) is 3.76. The number of nitrogens with one attached hydrogen (secondary N) is 1. The van der Waals surface area contributed by atoms with Crippen LogP contribution in [0.2, 0.25) is 0 Å². The zero-order valence-electron chi connectivity index (χ0n) is 16.7. The maximum Gasteiger partial charge on any atom is 0.133 e. The first-order chi connectivity index (χ1) is 14.9. The maximum atomic E-state index is 5.93. The Morgan fingerprint density at radius 3 is 2.63 bits per heavy atom. The standard InChI is InChI=1S/C24H23N5O/c1-2-6-18(7-3-1)17-30-20-11-9-19(10-12-20)29-24-21(8-4-5-13-27-24)23(28-29)22-16-25-14-15-26-22/h1-3,6-7,9-12,14-16,27H,4-5,8,13,17H2. The molecule has 0 radical (unpaired) electrons. The van der Waals surface area contributed by atoms with Crippen molar-refractivity contribution in [2.45, 2.75) is 25.9 Å². The monoisotopic (exact) mass is 397 g/mol. The van der Waals surface area contributed by atoms with Gasteiger partial charge in [0.05, 0.1) is 11.9 Å². The molecule has 2 aromatic carbocycles. The summed E-state index contributed by atoms with van der Waals surface area (Å²) in [5, 5.41) is 8.47. The highest BCUT2D eigenvalue weighted by molar-refractivity contribution is 5.68. The van der Waals surface area contributed by atoms with Crippen LogP contribution in [-0.4, -0.2) is 26.3 Å². The summed E-state index contributed by atoms with van der Waals surface area (Å²) in [5.74, 6) is 1.88. The second kappa shape index (κ2) is 8.37. The van der Waals surface area contributed by atoms with Gasteiger partial charge in [-0.15, -0.1) is 0 Å². The van der Waals surface area contributed by atoms with Crippen molar-refractivity contribution in [3.8, 4) is 22.8 Å². The molecule has 6 heteroatoms. The first-order valence-corrected chi connectivity index (χ1v) is 10.3. The van der Waals surface area contributed by atoms with Gasteiger partial charge in [0.2, 0.25) is 0 Å². The Bertz CT molecular complexity index is 1110. The molecule has 4 aromatic rings. The van der Waals surface area contributed by atoms with Gasteiger partial charge in [0.1, 0.15) is 29.6 Å². The van der Waals surface area contributed by atoms with Crippen molar-refractivity contribution in [3.63, 3.8) is 0 Å². The smallest absolute Gasteiger partial charge is 0.133 e. The van der Waals surface area contributed by atoms with E-state index < -0.39 is 0 Å². The van der Waals surface area contributed by atoms with Gasteiger partial charge < -0.3 is 10.1 Å². The summed E-state index contributed by atoms with van der Waals surface area (Å²) in [5.41, 5.74) is 5.05. The number of rotatable bonds is 5. The SMILES string of the molecule is c1ccc(COc2ccc(-n3nc(-c4cnccn4)c4c3NCCCC4)cc2)cc1. The van der Waals surface area contributed by atoms with Crippen LogP contribution in [0.3, 0.4) is 0 Å². The van der Waals surface area contributed by atoms with E-state index in [1.54, 1.807) is 18.6 Å². The van der Waals surface area contributed by atoms with E-state index in [1.165, 1.54) is 5.56 Å². The quantitative estimate of drug-likeness (QED) is 0.531. The predicted octanol–water partition coefficient (Wildman–Crippen LogP) is 4.66. The van der Waals surface area contributed by atoms with Gasteiger partial charge >= 0.3 is 0 Å². The normalized spacial score (nSPS) is 13.2. The highest BCUT2D eigenvalue weighted by Gasteiger charge is 2.22. The zero-order chi connectivity index (χ0) is 20.2. The molecule has 5 rings (SSSR count). The van der Waals surface area contributed by atoms with Gasteiger partial charge in [-0.1, -0.05) is 30.3 Å². The lowest BCUT2D eigenvalue weighted by Crippen LogP contribution is -2.07. The van der Waals surface area contributed by atoms with Crippen molar-refractivity contribution in [1.29, 1.82) is 0 Å². The fourth-order valence-electron chi connectivity index (χ4n) is 3.74. The highest BCUT2D eigenvalue weighted by atomic mass is 16.5. The van der Waals surface area contributed by atoms with E-state index in [0.717, 1.165) is 60.0 Å². The number of hydrogen-bond acceptors (Lipinski definition) is 5. The largest absolute Gasteiger partial charge is 0.489 e. The predicted molar refractivity (Wildman–Crippen MR) is 117 cm³/mol. The summed E-state index contributed by atoms with van der Waals surface area (Å²) in [6.07, 6.45) is 8.42. The van der Waals surface area contributed by atoms with Gasteiger partial charge in [-0.3, -0.25) is 9.97 Å². The van der Waals surface area contributed by atoms with Gasteiger partial charge in [0, 0.05) is 24.5 Å². The summed E-state index contributed by atoms with van der Waals surface area (Å²) >= 11 is 0. The Kier molecular flexibility index (Phi) is 5.12. The molecule has 2 aromatic heterocycles. The van der Waals surface area contributed by atoms with Crippen LogP contribution < -0.4 is 10.1 Å². The number of fused-ring (bicyclic) bond motifs is 1. The maximum absolute atomic E-state index is 5.93. The molecule has 1 aliphatic heterocycles. The van der Waals surface area contributed by atoms with Crippen LogP contribution in [0.4, 0.5) is 5.82 Å². The van der Waals surface area contributed by atoms with Crippen molar-refractivity contribution in [1.82, 2.24) is 19.7 Å². The average Bonchev–Trinajstić information content (AvgIpc) is 3.00. The molecule has 0 fully saturated rings. The van der Waals surface area contributed by atoms with Gasteiger partial charge in [-0.25, -0.2) is 4.68 Å². The summed E-state index contributed by atoms with van der Waals surface area (Å²) in [7, 11) is 0. The number of benzene rings is 2. The fraction of sp³-hybridized carbons (Fsp3) is 0.208. The van der Waals surface area contributed by atoms with Crippen LogP contribution in [0, 0.1) is 0 Å². The van der Waals surface area contributed by atoms with Gasteiger partial charge in [-0.2, -0.15) is 5.10 Å². The average molecular weight is 397 g/mol. The number of anilines is 1. The molecule has 0 unspecified atom stereocenters. The molecule has 0 aliphatic carbocycles. The van der Waals surface area contributed by atoms with Gasteiger partial charge in [-0.05, 0) is 49.1 Å². The van der Waals surface area contributed by atoms with Crippen LogP contribution in [0.15, 0.2) is 73.2 Å². The third-order valence-electron chi connectivity index (χ3n) is 5.26. The van der Waals surface area contributed by atoms with Crippen LogP contribution in [0.25, 0.3) is 17.1 Å². The lowest BCUT2D eigenvalue weighted by molar-refractivity contribution is 0.306. The molecule has 6 nitrogen and oxygen atoms in total. The first-order valence-electron chi connectivity index (χ1n) is 10.3. The van der Waals surface area contributed by atoms with E-state index >= 15 is 0 Å². The van der Waals surface area contributed by atoms with Crippen molar-refractivity contribution in [2.24, 2.45) is 0 Å². The molecular weight excluding hydrogens is 374 g/mol. The first kappa shape index (κ1) is 18.4. The molecule has 0 spiro atoms. The molecule has 1 N–H and O–H groups in total. The van der Waals surface area contributed by atoms with Crippen LogP contribution in [0.1, 0.15) is 24.0 Å². The van der Waals surface area contributed by atoms with E-state index in [0.29, 0.717) is 6.61 Å². The topological polar surface area (TPSA) is 64.9 Å². The van der Waals surface area contributed by atoms with Gasteiger partial charge in [0.15, 0.2) is 0 Å². The number of nitrogens with zero attached hydrogens (tertiary/aromatic N) is 4. The minimum Gasteiger partial charge on any atom is -0.489 e. The van der Waals surface area contributed by atoms with Gasteiger partial charge in [0.25, 0.3) is 0 Å². The van der Waals surface area contributed by atoms with E-state index in [1.807, 2.05) is 47.1 Å². The summed E-state index contributed by atoms with van der Waals surface area (Å²) < 4.78 is 7.90. The summed E-state index contributed by atoms with van der Waals surface area (Å²) in [4.78, 5) is 8.70. The Labute approximate surface area is 175 Å². The molecule has 0 saturated carbocycles. The minimum atomic E-state index is 0.551. The molecular formula is C24H23N5O. The van der Waals surface area contributed by atoms with Crippen molar-refractivity contribution in [2.75, 3.05) is 11.9 Å². The Balaban J connectivity index is 1.44. The number of hydrogen-bond donors (Lipinski definition) is 1. The highest BCUT2D eigenvalue weighted by Crippen LogP contribution is 2.33. The van der Waals surface area contributed by atoms with E-state index in [9.17, 15) is 0 Å². The van der Waals surface area contributed by atoms with E-state index in [4.69, 9.17) is 9.84 Å². The molecule has 0 atom stereocenters. The molecule has 0 bridgehead atoms. The second-order valence-corrected chi connectivity index (χ2v) is 7.33. The summed E-state index contributed by atoms with van der Waals surface area (Å²) in [6.45, 7) is 1.49. The number of aromatic nitrogens is 4. The van der Waals surface area contributed by atoms with Crippen LogP contribution >= 0.6 is 0 Å². The van der Waals surface area contributed by atoms with E-state index in [-0.39, 0.29) is 0 Å². The van der Waals surface area contributed by atoms with Crippen LogP contribution in [-0.2, 0) is 13.0 Å². The Hall–Kier alpha value is -3.67. The Morgan fingerprint density at radius 1 is 0.967 bits per heavy atom. The number of ether oxygens (including phenoxy) is 1. The third-order valence-corrected chi connectivity index (χ3v) is 5.26. The van der Waals surface area contributed by atoms with Crippen molar-refractivity contribution in [3.05, 3.63) is 84.3 Å². The summed E-state index contributed by atoms with van der Waals surface area (Å²) in [6, 6.07) is 18.2. The fourth-order valence-corrected chi connectivity index (χ4v) is 3.74. The molecule has 150 valence electrons. The molecule has 3 heterocycles. The molecule has 30 heavy (non-hydrogen) atoms. The molecule has 0 saturated heterocycles. The van der Waals surface area contributed by atoms with Crippen LogP contribution in [0.5, 0.6) is 5.75 Å². The lowest BCUT2D eigenvalue weighted by atomic mass is 10.1. The second-order valence-electron chi connectivity index (χ2n) is 7.33. The van der Waals surface area contributed by atoms with E-state index in [2.05, 4.69) is 27.4 Å².